The second kappa shape index (κ2) is 15.3. The highest BCUT2D eigenvalue weighted by atomic mass is 16.7. The van der Waals surface area contributed by atoms with Gasteiger partial charge >= 0.3 is 5.97 Å². The van der Waals surface area contributed by atoms with Gasteiger partial charge < -0.3 is 73.6 Å². The molecule has 49 heavy (non-hydrogen) atoms. The number of esters is 1. The maximum absolute atomic E-state index is 11.5. The van der Waals surface area contributed by atoms with Gasteiger partial charge in [-0.05, 0) is 31.5 Å². The number of hydrogen-bond acceptors (Lipinski definition) is 16. The predicted molar refractivity (Wildman–Crippen MR) is 165 cm³/mol. The van der Waals surface area contributed by atoms with Crippen molar-refractivity contribution < 1.29 is 78.4 Å². The minimum Gasteiger partial charge on any atom is -0.497 e. The van der Waals surface area contributed by atoms with Crippen molar-refractivity contribution in [3.63, 3.8) is 0 Å². The van der Waals surface area contributed by atoms with Crippen LogP contribution < -0.4 is 18.9 Å². The van der Waals surface area contributed by atoms with Crippen LogP contribution >= 0.6 is 0 Å². The molecule has 0 aliphatic carbocycles. The third-order valence-electron chi connectivity index (χ3n) is 9.07. The van der Waals surface area contributed by atoms with E-state index in [-0.39, 0.29) is 22.8 Å². The fourth-order valence-electron chi connectivity index (χ4n) is 6.26. The smallest absolute Gasteiger partial charge is 0.302 e. The number of carbonyl (C=O) groups excluding carboxylic acids is 1. The first-order valence-corrected chi connectivity index (χ1v) is 15.8. The van der Waals surface area contributed by atoms with Crippen molar-refractivity contribution in [2.45, 2.75) is 101 Å². The second-order valence-corrected chi connectivity index (χ2v) is 12.2. The summed E-state index contributed by atoms with van der Waals surface area (Å²) >= 11 is 0. The molecule has 7 N–H and O–H groups in total. The Kier molecular flexibility index (Phi) is 11.5. The highest BCUT2D eigenvalue weighted by Crippen LogP contribution is 2.54. The summed E-state index contributed by atoms with van der Waals surface area (Å²) < 4.78 is 46.6. The fraction of sp³-hybridized carbons (Fsp3) is 0.606. The quantitative estimate of drug-likeness (QED) is 0.155. The van der Waals surface area contributed by atoms with Crippen LogP contribution in [-0.2, 0) is 23.7 Å². The molecule has 0 amide bonds. The lowest BCUT2D eigenvalue weighted by Crippen LogP contribution is -2.60. The Labute approximate surface area is 282 Å². The summed E-state index contributed by atoms with van der Waals surface area (Å²) in [5, 5.41) is 73.4. The Bertz CT molecular complexity index is 1450. The van der Waals surface area contributed by atoms with Gasteiger partial charge in [-0.2, -0.15) is 0 Å². The molecule has 5 rings (SSSR count). The van der Waals surface area contributed by atoms with Crippen LogP contribution in [0.4, 0.5) is 0 Å². The van der Waals surface area contributed by atoms with Crippen LogP contribution in [0.2, 0.25) is 0 Å². The van der Waals surface area contributed by atoms with Crippen LogP contribution in [0.5, 0.6) is 23.0 Å². The van der Waals surface area contributed by atoms with Crippen molar-refractivity contribution in [1.82, 2.24) is 0 Å². The van der Waals surface area contributed by atoms with Crippen LogP contribution in [0.15, 0.2) is 24.3 Å². The number of ether oxygens (including phenoxy) is 8. The summed E-state index contributed by atoms with van der Waals surface area (Å²) in [6.07, 6.45) is -16.8. The Balaban J connectivity index is 1.59. The van der Waals surface area contributed by atoms with Crippen LogP contribution in [0, 0.1) is 13.8 Å². The molecule has 3 aliphatic rings. The molecule has 0 unspecified atom stereocenters. The van der Waals surface area contributed by atoms with Crippen molar-refractivity contribution in [3.05, 3.63) is 46.5 Å². The number of carbonyl (C=O) groups is 1. The molecule has 0 aromatic heterocycles. The normalized spacial score (nSPS) is 34.4. The monoisotopic (exact) mass is 696 g/mol. The summed E-state index contributed by atoms with van der Waals surface area (Å²) in [6, 6.07) is 7.26. The lowest BCUT2D eigenvalue weighted by Gasteiger charge is -2.42. The van der Waals surface area contributed by atoms with E-state index >= 15 is 0 Å². The van der Waals surface area contributed by atoms with E-state index in [4.69, 9.17) is 37.9 Å². The predicted octanol–water partition coefficient (Wildman–Crippen LogP) is -0.548. The van der Waals surface area contributed by atoms with Gasteiger partial charge in [-0.25, -0.2) is 0 Å². The average molecular weight is 697 g/mol. The Hall–Kier alpha value is -3.29. The van der Waals surface area contributed by atoms with Gasteiger partial charge in [0.1, 0.15) is 84.5 Å². The van der Waals surface area contributed by atoms with E-state index in [1.54, 1.807) is 33.1 Å². The number of fused-ring (bicyclic) bond motifs is 1. The zero-order valence-electron chi connectivity index (χ0n) is 27.7. The Morgan fingerprint density at radius 3 is 1.92 bits per heavy atom. The average Bonchev–Trinajstić information content (AvgIpc) is 3.10. The van der Waals surface area contributed by atoms with E-state index in [2.05, 4.69) is 0 Å². The Morgan fingerprint density at radius 1 is 0.796 bits per heavy atom. The first-order chi connectivity index (χ1) is 23.3. The number of aliphatic hydroxyl groups is 7. The number of aliphatic hydroxyl groups excluding tert-OH is 7. The lowest BCUT2D eigenvalue weighted by atomic mass is 9.90. The van der Waals surface area contributed by atoms with Crippen LogP contribution in [0.3, 0.4) is 0 Å². The molecular formula is C33H44O16. The van der Waals surface area contributed by atoms with E-state index in [1.807, 2.05) is 12.1 Å². The van der Waals surface area contributed by atoms with Gasteiger partial charge in [-0.1, -0.05) is 12.1 Å². The molecule has 0 saturated carbocycles. The Morgan fingerprint density at radius 2 is 1.37 bits per heavy atom. The van der Waals surface area contributed by atoms with Gasteiger partial charge in [0, 0.05) is 31.6 Å². The van der Waals surface area contributed by atoms with E-state index in [0.29, 0.717) is 23.3 Å². The topological polar surface area (TPSA) is 233 Å². The second-order valence-electron chi connectivity index (χ2n) is 12.2. The summed E-state index contributed by atoms with van der Waals surface area (Å²) in [5.74, 6) is 0.344. The minimum absolute atomic E-state index is 0.0408. The first kappa shape index (κ1) is 37.0. The summed E-state index contributed by atoms with van der Waals surface area (Å²) in [6.45, 7) is 3.32. The number of hydrogen-bond donors (Lipinski definition) is 7. The maximum atomic E-state index is 11.5. The largest absolute Gasteiger partial charge is 0.497 e. The number of methoxy groups -OCH3 is 2. The zero-order valence-corrected chi connectivity index (χ0v) is 27.7. The van der Waals surface area contributed by atoms with Gasteiger partial charge in [0.2, 0.25) is 12.6 Å². The standard InChI is InChI=1S/C33H44O16/c1-13-29(48-32-27(40)25(38)23(36)20(11-34)46-32)14(2)31(49-33-28(41)26(39)24(37)21(47-33)12-44-15(3)35)22-19(43-5)10-18(45-30(13)22)16-6-8-17(42-4)9-7-16/h6-9,18-21,23-28,32-34,36-41H,10-12H2,1-5H3/t18-,19+,20+,21+,23+,24+,25-,26-,27+,28+,32-,33-/m0/s1. The van der Waals surface area contributed by atoms with Crippen molar-refractivity contribution in [2.75, 3.05) is 27.4 Å². The van der Waals surface area contributed by atoms with Gasteiger partial charge in [0.05, 0.1) is 25.4 Å². The highest BCUT2D eigenvalue weighted by Gasteiger charge is 2.48. The molecule has 2 aromatic rings. The van der Waals surface area contributed by atoms with Crippen molar-refractivity contribution in [1.29, 1.82) is 0 Å². The van der Waals surface area contributed by atoms with Crippen LogP contribution in [0.1, 0.15) is 47.8 Å². The molecule has 2 fully saturated rings. The van der Waals surface area contributed by atoms with Gasteiger partial charge in [-0.15, -0.1) is 0 Å². The lowest BCUT2D eigenvalue weighted by molar-refractivity contribution is -0.279. The molecule has 12 atom stereocenters. The number of rotatable bonds is 10. The minimum atomic E-state index is -1.77. The van der Waals surface area contributed by atoms with Gasteiger partial charge in [0.25, 0.3) is 0 Å². The van der Waals surface area contributed by atoms with E-state index < -0.39 is 92.8 Å². The SMILES string of the molecule is COc1ccc([C@@H]2C[C@@H](OC)c3c(O[C@@H]4O[C@H](COC(C)=O)[C@@H](O)[C@H](O)[C@H]4O)c(C)c(O[C@@H]4O[C@H](CO)[C@@H](O)[C@H](O)[C@H]4O)c(C)c3O2)cc1. The van der Waals surface area contributed by atoms with Crippen molar-refractivity contribution >= 4 is 5.97 Å². The van der Waals surface area contributed by atoms with Crippen molar-refractivity contribution in [3.8, 4) is 23.0 Å². The van der Waals surface area contributed by atoms with E-state index in [0.717, 1.165) is 12.5 Å². The van der Waals surface area contributed by atoms with Crippen LogP contribution in [0.25, 0.3) is 0 Å². The highest BCUT2D eigenvalue weighted by molar-refractivity contribution is 5.66. The number of benzene rings is 2. The molecule has 16 heteroatoms. The fourth-order valence-corrected chi connectivity index (χ4v) is 6.26. The molecule has 2 saturated heterocycles. The molecule has 0 spiro atoms. The molecule has 3 aliphatic heterocycles. The molecule has 2 aromatic carbocycles. The third-order valence-corrected chi connectivity index (χ3v) is 9.07. The van der Waals surface area contributed by atoms with E-state index in [9.17, 15) is 40.5 Å². The summed E-state index contributed by atoms with van der Waals surface area (Å²) in [5.41, 5.74) is 1.88. The molecule has 16 nitrogen and oxygen atoms in total. The molecular weight excluding hydrogens is 652 g/mol. The van der Waals surface area contributed by atoms with Gasteiger partial charge in [0.15, 0.2) is 0 Å². The van der Waals surface area contributed by atoms with Crippen LogP contribution in [-0.4, -0.2) is 131 Å². The molecule has 0 bridgehead atoms. The molecule has 3 heterocycles. The third kappa shape index (κ3) is 7.30. The first-order valence-electron chi connectivity index (χ1n) is 15.8. The van der Waals surface area contributed by atoms with E-state index in [1.165, 1.54) is 7.11 Å². The summed E-state index contributed by atoms with van der Waals surface area (Å²) in [4.78, 5) is 11.5. The molecule has 0 radical (unpaired) electrons. The van der Waals surface area contributed by atoms with Crippen molar-refractivity contribution in [2.24, 2.45) is 0 Å². The zero-order chi connectivity index (χ0) is 35.7. The maximum Gasteiger partial charge on any atom is 0.302 e. The van der Waals surface area contributed by atoms with Gasteiger partial charge in [-0.3, -0.25) is 4.79 Å². The molecule has 272 valence electrons. The summed E-state index contributed by atoms with van der Waals surface area (Å²) in [7, 11) is 3.05.